The summed E-state index contributed by atoms with van der Waals surface area (Å²) in [6, 6.07) is 3.54. The van der Waals surface area contributed by atoms with Gasteiger partial charge in [-0.15, -0.1) is 6.42 Å². The van der Waals surface area contributed by atoms with Crippen molar-refractivity contribution >= 4 is 27.0 Å². The number of pyridine rings is 2. The number of anilines is 1. The smallest absolute Gasteiger partial charge is 0.268 e. The number of piperidine rings is 1. The first kappa shape index (κ1) is 26.1. The fourth-order valence-corrected chi connectivity index (χ4v) is 6.61. The lowest BCUT2D eigenvalue weighted by atomic mass is 9.99. The molecule has 38 heavy (non-hydrogen) atoms. The number of hydrogen-bond acceptors (Lipinski definition) is 8. The molecular weight excluding hydrogens is 518 g/mol. The molecular formula is C25H26F2N6O4S. The van der Waals surface area contributed by atoms with Crippen molar-refractivity contribution in [1.29, 1.82) is 0 Å². The molecule has 2 N–H and O–H groups in total. The minimum atomic E-state index is -4.17. The van der Waals surface area contributed by atoms with Crippen molar-refractivity contribution in [2.75, 3.05) is 18.4 Å². The van der Waals surface area contributed by atoms with E-state index in [-0.39, 0.29) is 30.1 Å². The summed E-state index contributed by atoms with van der Waals surface area (Å²) in [7, 11) is -4.17. The standard InChI is InChI=1S/C25H26F2N6O4S/c1-3-15-12-16-13-28-24(31-22(16)33(23(15)34)19-6-5-10-25(19,2)35)29-18-9-11-32(14-17(18)26)38(36,37)21-8-4-7-20(27)30-21/h1,4,7-8,12-13,17-19,35H,5-6,9-11,14H2,2H3,(H,28,29,31)/t17-,18-,19-,25-/m1/s1. The van der Waals surface area contributed by atoms with E-state index in [4.69, 9.17) is 6.42 Å². The second-order valence-corrected chi connectivity index (χ2v) is 11.7. The Balaban J connectivity index is 1.41. The third kappa shape index (κ3) is 4.63. The zero-order valence-corrected chi connectivity index (χ0v) is 21.3. The summed E-state index contributed by atoms with van der Waals surface area (Å²) >= 11 is 0. The van der Waals surface area contributed by atoms with Crippen LogP contribution in [0, 0.1) is 18.3 Å². The minimum Gasteiger partial charge on any atom is -0.388 e. The van der Waals surface area contributed by atoms with Gasteiger partial charge in [0, 0.05) is 24.7 Å². The molecule has 3 aromatic rings. The molecule has 0 spiro atoms. The van der Waals surface area contributed by atoms with Crippen molar-refractivity contribution in [3.8, 4) is 12.3 Å². The number of terminal acetylenes is 1. The van der Waals surface area contributed by atoms with Crippen molar-refractivity contribution in [3.63, 3.8) is 0 Å². The van der Waals surface area contributed by atoms with Crippen molar-refractivity contribution in [2.45, 2.75) is 61.5 Å². The van der Waals surface area contributed by atoms with E-state index in [9.17, 15) is 22.7 Å². The predicted octanol–water partition coefficient (Wildman–Crippen LogP) is 2.00. The van der Waals surface area contributed by atoms with E-state index in [0.29, 0.717) is 18.2 Å². The van der Waals surface area contributed by atoms with Gasteiger partial charge < -0.3 is 10.4 Å². The molecule has 0 aromatic carbocycles. The number of nitrogens with zero attached hydrogens (tertiary/aromatic N) is 5. The van der Waals surface area contributed by atoms with Crippen LogP contribution in [0.1, 0.15) is 44.2 Å². The maximum atomic E-state index is 15.2. The van der Waals surface area contributed by atoms with Crippen LogP contribution >= 0.6 is 0 Å². The number of nitrogens with one attached hydrogen (secondary N) is 1. The monoisotopic (exact) mass is 544 g/mol. The van der Waals surface area contributed by atoms with Crippen LogP contribution in [0.3, 0.4) is 0 Å². The first-order valence-corrected chi connectivity index (χ1v) is 13.6. The van der Waals surface area contributed by atoms with Gasteiger partial charge in [0.15, 0.2) is 5.03 Å². The van der Waals surface area contributed by atoms with E-state index in [1.807, 2.05) is 0 Å². The first-order valence-electron chi connectivity index (χ1n) is 12.2. The van der Waals surface area contributed by atoms with E-state index < -0.39 is 57.0 Å². The number of aliphatic hydroxyl groups is 1. The molecule has 0 radical (unpaired) electrons. The minimum absolute atomic E-state index is 0.0344. The quantitative estimate of drug-likeness (QED) is 0.369. The maximum absolute atomic E-state index is 15.2. The van der Waals surface area contributed by atoms with Crippen molar-refractivity contribution in [3.05, 3.63) is 52.3 Å². The molecule has 0 bridgehead atoms. The number of halogens is 2. The van der Waals surface area contributed by atoms with E-state index >= 15 is 4.39 Å². The molecule has 10 nitrogen and oxygen atoms in total. The van der Waals surface area contributed by atoms with Crippen molar-refractivity contribution < 1.29 is 22.3 Å². The highest BCUT2D eigenvalue weighted by Crippen LogP contribution is 2.39. The molecule has 4 heterocycles. The Hall–Kier alpha value is -3.47. The highest BCUT2D eigenvalue weighted by atomic mass is 32.2. The average Bonchev–Trinajstić information content (AvgIpc) is 3.23. The van der Waals surface area contributed by atoms with Gasteiger partial charge in [-0.3, -0.25) is 9.36 Å². The van der Waals surface area contributed by atoms with Gasteiger partial charge in [-0.1, -0.05) is 12.0 Å². The fourth-order valence-electron chi connectivity index (χ4n) is 5.21. The predicted molar refractivity (Wildman–Crippen MR) is 135 cm³/mol. The van der Waals surface area contributed by atoms with Crippen LogP contribution in [0.25, 0.3) is 11.0 Å². The van der Waals surface area contributed by atoms with Crippen LogP contribution in [-0.2, 0) is 10.0 Å². The Morgan fingerprint density at radius 1 is 1.29 bits per heavy atom. The summed E-state index contributed by atoms with van der Waals surface area (Å²) in [6.45, 7) is 1.17. The normalized spacial score (nSPS) is 26.3. The largest absolute Gasteiger partial charge is 0.388 e. The zero-order valence-electron chi connectivity index (χ0n) is 20.5. The third-order valence-electron chi connectivity index (χ3n) is 7.23. The molecule has 3 aromatic heterocycles. The number of hydrogen-bond donors (Lipinski definition) is 2. The fraction of sp³-hybridized carbons (Fsp3) is 0.440. The summed E-state index contributed by atoms with van der Waals surface area (Å²) in [5.41, 5.74) is -1.22. The third-order valence-corrected chi connectivity index (χ3v) is 9.00. The Morgan fingerprint density at radius 3 is 2.74 bits per heavy atom. The molecule has 200 valence electrons. The average molecular weight is 545 g/mol. The second-order valence-electron chi connectivity index (χ2n) is 9.83. The van der Waals surface area contributed by atoms with E-state index in [2.05, 4.69) is 26.2 Å². The molecule has 0 amide bonds. The van der Waals surface area contributed by atoms with Crippen LogP contribution < -0.4 is 10.9 Å². The number of rotatable bonds is 5. The van der Waals surface area contributed by atoms with Crippen LogP contribution in [-0.4, -0.2) is 68.3 Å². The number of fused-ring (bicyclic) bond motifs is 1. The Kier molecular flexibility index (Phi) is 6.66. The van der Waals surface area contributed by atoms with Gasteiger partial charge >= 0.3 is 0 Å². The van der Waals surface area contributed by atoms with Crippen molar-refractivity contribution in [2.24, 2.45) is 0 Å². The van der Waals surface area contributed by atoms with Crippen molar-refractivity contribution in [1.82, 2.24) is 23.8 Å². The van der Waals surface area contributed by atoms with Crippen LogP contribution in [0.4, 0.5) is 14.7 Å². The Labute approximate surface area is 217 Å². The molecule has 1 saturated heterocycles. The summed E-state index contributed by atoms with van der Waals surface area (Å²) in [5, 5.41) is 13.8. The molecule has 1 saturated carbocycles. The molecule has 1 aliphatic heterocycles. The molecule has 4 atom stereocenters. The summed E-state index contributed by atoms with van der Waals surface area (Å²) in [6.07, 6.45) is 7.25. The van der Waals surface area contributed by atoms with Gasteiger partial charge in [0.1, 0.15) is 11.8 Å². The summed E-state index contributed by atoms with van der Waals surface area (Å²) < 4.78 is 56.6. The second kappa shape index (κ2) is 9.68. The Morgan fingerprint density at radius 2 is 2.08 bits per heavy atom. The molecule has 2 aliphatic rings. The SMILES string of the molecule is C#Cc1cc2cnc(N[C@@H]3CCN(S(=O)(=O)c4cccc(F)n4)C[C@H]3F)nc2n([C@@H]2CCC[C@@]2(C)O)c1=O. The van der Waals surface area contributed by atoms with Gasteiger partial charge in [0.25, 0.3) is 15.6 Å². The maximum Gasteiger partial charge on any atom is 0.268 e. The van der Waals surface area contributed by atoms with Gasteiger partial charge in [0.2, 0.25) is 11.9 Å². The topological polar surface area (TPSA) is 130 Å². The van der Waals surface area contributed by atoms with Gasteiger partial charge in [-0.05, 0) is 50.8 Å². The van der Waals surface area contributed by atoms with E-state index in [1.54, 1.807) is 6.92 Å². The zero-order chi connectivity index (χ0) is 27.2. The lowest BCUT2D eigenvalue weighted by Gasteiger charge is -2.34. The first-order chi connectivity index (χ1) is 18.0. The Bertz CT molecular complexity index is 1600. The summed E-state index contributed by atoms with van der Waals surface area (Å²) in [4.78, 5) is 25.3. The van der Waals surface area contributed by atoms with Crippen LogP contribution in [0.5, 0.6) is 0 Å². The van der Waals surface area contributed by atoms with Crippen LogP contribution in [0.15, 0.2) is 40.3 Å². The lowest BCUT2D eigenvalue weighted by Crippen LogP contribution is -2.50. The summed E-state index contributed by atoms with van der Waals surface area (Å²) in [5.74, 6) is 1.49. The highest BCUT2D eigenvalue weighted by Gasteiger charge is 2.40. The number of aromatic nitrogens is 4. The highest BCUT2D eigenvalue weighted by molar-refractivity contribution is 7.89. The molecule has 5 rings (SSSR count). The molecule has 2 fully saturated rings. The van der Waals surface area contributed by atoms with E-state index in [0.717, 1.165) is 22.9 Å². The molecule has 1 aliphatic carbocycles. The lowest BCUT2D eigenvalue weighted by molar-refractivity contribution is 0.0266. The van der Waals surface area contributed by atoms with Gasteiger partial charge in [0.05, 0.1) is 23.2 Å². The molecule has 0 unspecified atom stereocenters. The van der Waals surface area contributed by atoms with Gasteiger partial charge in [-0.25, -0.2) is 22.8 Å². The molecule has 13 heteroatoms. The van der Waals surface area contributed by atoms with Gasteiger partial charge in [-0.2, -0.15) is 13.7 Å². The van der Waals surface area contributed by atoms with Crippen LogP contribution in [0.2, 0.25) is 0 Å². The van der Waals surface area contributed by atoms with E-state index in [1.165, 1.54) is 22.9 Å². The number of alkyl halides is 1. The number of sulfonamides is 1.